The van der Waals surface area contributed by atoms with Gasteiger partial charge in [0.05, 0.1) is 20.8 Å². The van der Waals surface area contributed by atoms with E-state index in [-0.39, 0.29) is 30.3 Å². The maximum absolute atomic E-state index is 12.3. The summed E-state index contributed by atoms with van der Waals surface area (Å²) in [6.07, 6.45) is 0.399. The highest BCUT2D eigenvalue weighted by molar-refractivity contribution is 5.82. The Morgan fingerprint density at radius 2 is 1.59 bits per heavy atom. The van der Waals surface area contributed by atoms with E-state index in [2.05, 4.69) is 0 Å². The second-order valence-electron chi connectivity index (χ2n) is 6.61. The maximum Gasteiger partial charge on any atom is 0.338 e. The number of esters is 1. The second-order valence-corrected chi connectivity index (χ2v) is 6.61. The van der Waals surface area contributed by atoms with Crippen molar-refractivity contribution >= 4 is 5.97 Å². The Balaban J connectivity index is 1.84. The van der Waals surface area contributed by atoms with Crippen LogP contribution in [0.3, 0.4) is 0 Å². The molecule has 7 heteroatoms. The topological polar surface area (TPSA) is 105 Å². The summed E-state index contributed by atoms with van der Waals surface area (Å²) in [5.41, 5.74) is -0.262. The van der Waals surface area contributed by atoms with Crippen LogP contribution in [0.15, 0.2) is 36.4 Å². The molecule has 0 radical (unpaired) electrons. The van der Waals surface area contributed by atoms with Gasteiger partial charge in [0.25, 0.3) is 0 Å². The van der Waals surface area contributed by atoms with Gasteiger partial charge in [-0.2, -0.15) is 0 Å². The molecule has 0 aliphatic carbocycles. The third-order valence-electron chi connectivity index (χ3n) is 4.89. The van der Waals surface area contributed by atoms with E-state index < -0.39 is 17.5 Å². The van der Waals surface area contributed by atoms with Crippen LogP contribution in [0, 0.1) is 5.92 Å². The molecule has 0 aromatic heterocycles. The van der Waals surface area contributed by atoms with Gasteiger partial charge in [-0.3, -0.25) is 0 Å². The van der Waals surface area contributed by atoms with Crippen molar-refractivity contribution in [1.29, 1.82) is 0 Å². The number of hydrogen-bond acceptors (Lipinski definition) is 7. The van der Waals surface area contributed by atoms with Crippen molar-refractivity contribution in [3.8, 4) is 23.0 Å². The Labute approximate surface area is 156 Å². The molecule has 3 rings (SSSR count). The van der Waals surface area contributed by atoms with Gasteiger partial charge in [-0.05, 0) is 41.8 Å². The minimum atomic E-state index is -1.70. The summed E-state index contributed by atoms with van der Waals surface area (Å²) in [4.78, 5) is 12.3. The van der Waals surface area contributed by atoms with Crippen molar-refractivity contribution in [3.05, 3.63) is 47.5 Å². The van der Waals surface area contributed by atoms with Gasteiger partial charge >= 0.3 is 5.97 Å². The molecule has 2 aromatic carbocycles. The number of phenols is 2. The Hall–Kier alpha value is -2.93. The molecule has 1 saturated heterocycles. The minimum Gasteiger partial charge on any atom is -0.504 e. The lowest BCUT2D eigenvalue weighted by atomic mass is 9.81. The van der Waals surface area contributed by atoms with E-state index in [0.717, 1.165) is 5.56 Å². The molecule has 27 heavy (non-hydrogen) atoms. The van der Waals surface area contributed by atoms with Crippen molar-refractivity contribution in [3.63, 3.8) is 0 Å². The largest absolute Gasteiger partial charge is 0.504 e. The van der Waals surface area contributed by atoms with Crippen LogP contribution in [-0.4, -0.2) is 47.7 Å². The number of phenolic OH excluding ortho intramolecular Hbond substituents is 2. The molecule has 7 nitrogen and oxygen atoms in total. The number of carbonyl (C=O) groups is 1. The quantitative estimate of drug-likeness (QED) is 0.662. The molecule has 1 heterocycles. The smallest absolute Gasteiger partial charge is 0.338 e. The molecular formula is C20H22O7. The molecule has 0 bridgehead atoms. The molecule has 3 N–H and O–H groups in total. The average molecular weight is 374 g/mol. The average Bonchev–Trinajstić information content (AvgIpc) is 2.92. The number of hydrogen-bond donors (Lipinski definition) is 3. The van der Waals surface area contributed by atoms with Crippen molar-refractivity contribution in [2.24, 2.45) is 5.92 Å². The van der Waals surface area contributed by atoms with Gasteiger partial charge in [0.1, 0.15) is 0 Å². The van der Waals surface area contributed by atoms with E-state index in [1.54, 1.807) is 24.3 Å². The molecule has 0 unspecified atom stereocenters. The third kappa shape index (κ3) is 3.64. The molecule has 0 amide bonds. The predicted molar refractivity (Wildman–Crippen MR) is 96.1 cm³/mol. The van der Waals surface area contributed by atoms with Gasteiger partial charge in [0.2, 0.25) is 0 Å². The van der Waals surface area contributed by atoms with Crippen molar-refractivity contribution < 1.29 is 34.3 Å². The Morgan fingerprint density at radius 1 is 1.04 bits per heavy atom. The van der Waals surface area contributed by atoms with Crippen LogP contribution in [-0.2, 0) is 22.4 Å². The van der Waals surface area contributed by atoms with Crippen LogP contribution in [0.1, 0.15) is 11.1 Å². The first-order valence-corrected chi connectivity index (χ1v) is 8.48. The van der Waals surface area contributed by atoms with Gasteiger partial charge in [-0.15, -0.1) is 0 Å². The molecule has 0 saturated carbocycles. The van der Waals surface area contributed by atoms with E-state index in [0.29, 0.717) is 17.7 Å². The van der Waals surface area contributed by atoms with E-state index >= 15 is 0 Å². The molecule has 1 aliphatic rings. The number of benzene rings is 2. The third-order valence-corrected chi connectivity index (χ3v) is 4.89. The normalized spacial score (nSPS) is 21.7. The van der Waals surface area contributed by atoms with Gasteiger partial charge in [0.15, 0.2) is 28.6 Å². The molecule has 144 valence electrons. The lowest BCUT2D eigenvalue weighted by Crippen LogP contribution is -2.44. The second kappa shape index (κ2) is 7.36. The summed E-state index contributed by atoms with van der Waals surface area (Å²) in [7, 11) is 2.88. The summed E-state index contributed by atoms with van der Waals surface area (Å²) >= 11 is 0. The maximum atomic E-state index is 12.3. The number of ether oxygens (including phenoxy) is 3. The van der Waals surface area contributed by atoms with Gasteiger partial charge in [-0.1, -0.05) is 12.1 Å². The van der Waals surface area contributed by atoms with E-state index in [4.69, 9.17) is 14.2 Å². The molecule has 1 fully saturated rings. The number of cyclic esters (lactones) is 1. The first kappa shape index (κ1) is 18.8. The van der Waals surface area contributed by atoms with Crippen molar-refractivity contribution in [2.45, 2.75) is 18.4 Å². The lowest BCUT2D eigenvalue weighted by Gasteiger charge is -2.26. The Bertz CT molecular complexity index is 848. The monoisotopic (exact) mass is 374 g/mol. The Morgan fingerprint density at radius 3 is 2.19 bits per heavy atom. The van der Waals surface area contributed by atoms with E-state index in [9.17, 15) is 20.1 Å². The van der Waals surface area contributed by atoms with Crippen molar-refractivity contribution in [1.82, 2.24) is 0 Å². The summed E-state index contributed by atoms with van der Waals surface area (Å²) in [6.45, 7) is 0.0910. The van der Waals surface area contributed by atoms with Gasteiger partial charge in [-0.25, -0.2) is 4.79 Å². The molecular weight excluding hydrogens is 352 g/mol. The summed E-state index contributed by atoms with van der Waals surface area (Å²) in [5, 5.41) is 30.5. The number of methoxy groups -OCH3 is 2. The lowest BCUT2D eigenvalue weighted by molar-refractivity contribution is -0.154. The van der Waals surface area contributed by atoms with Crippen LogP contribution >= 0.6 is 0 Å². The van der Waals surface area contributed by atoms with Crippen LogP contribution < -0.4 is 9.47 Å². The fourth-order valence-corrected chi connectivity index (χ4v) is 3.33. The van der Waals surface area contributed by atoms with Gasteiger partial charge in [0, 0.05) is 12.3 Å². The van der Waals surface area contributed by atoms with E-state index in [1.807, 2.05) is 0 Å². The first-order chi connectivity index (χ1) is 12.9. The highest BCUT2D eigenvalue weighted by Gasteiger charge is 2.51. The summed E-state index contributed by atoms with van der Waals surface area (Å²) < 4.78 is 15.3. The highest BCUT2D eigenvalue weighted by atomic mass is 16.6. The number of aliphatic hydroxyl groups is 1. The van der Waals surface area contributed by atoms with Crippen LogP contribution in [0.4, 0.5) is 0 Å². The summed E-state index contributed by atoms with van der Waals surface area (Å²) in [6, 6.07) is 9.56. The SMILES string of the molecule is COc1cc(C[C@@H]2COC(=O)[C@]2(O)Cc2ccc(O)c(OC)c2)ccc1O. The standard InChI is InChI=1S/C20H22O7/c1-25-17-8-12(3-5-15(17)21)7-14-11-27-19(23)20(14,24)10-13-4-6-16(22)18(9-13)26-2/h3-6,8-9,14,21-22,24H,7,10-11H2,1-2H3/t14-,20+/m1/s1. The minimum absolute atomic E-state index is 0.0185. The molecule has 2 atom stereocenters. The van der Waals surface area contributed by atoms with Crippen molar-refractivity contribution in [2.75, 3.05) is 20.8 Å². The number of aromatic hydroxyl groups is 2. The zero-order chi connectivity index (χ0) is 19.6. The predicted octanol–water partition coefficient (Wildman–Crippen LogP) is 1.80. The van der Waals surface area contributed by atoms with Gasteiger partial charge < -0.3 is 29.5 Å². The zero-order valence-corrected chi connectivity index (χ0v) is 15.1. The fourth-order valence-electron chi connectivity index (χ4n) is 3.33. The summed E-state index contributed by atoms with van der Waals surface area (Å²) in [5.74, 6) is -0.558. The van der Waals surface area contributed by atoms with Crippen LogP contribution in [0.5, 0.6) is 23.0 Å². The van der Waals surface area contributed by atoms with Crippen LogP contribution in [0.25, 0.3) is 0 Å². The molecule has 1 aliphatic heterocycles. The zero-order valence-electron chi connectivity index (χ0n) is 15.1. The fraction of sp³-hybridized carbons (Fsp3) is 0.350. The van der Waals surface area contributed by atoms with Crippen LogP contribution in [0.2, 0.25) is 0 Å². The number of carbonyl (C=O) groups excluding carboxylic acids is 1. The first-order valence-electron chi connectivity index (χ1n) is 8.48. The highest BCUT2D eigenvalue weighted by Crippen LogP contribution is 2.36. The van der Waals surface area contributed by atoms with E-state index in [1.165, 1.54) is 26.4 Å². The number of rotatable bonds is 6. The molecule has 0 spiro atoms. The Kier molecular flexibility index (Phi) is 5.14. The molecule has 2 aromatic rings.